The van der Waals surface area contributed by atoms with Crippen molar-refractivity contribution in [2.24, 2.45) is 11.3 Å². The van der Waals surface area contributed by atoms with Crippen LogP contribution in [0.2, 0.25) is 0 Å². The van der Waals surface area contributed by atoms with Crippen molar-refractivity contribution in [2.45, 2.75) is 70.9 Å². The summed E-state index contributed by atoms with van der Waals surface area (Å²) in [5, 5.41) is 3.34. The van der Waals surface area contributed by atoms with Gasteiger partial charge in [-0.1, -0.05) is 33.1 Å². The maximum absolute atomic E-state index is 12.5. The number of imide groups is 1. The van der Waals surface area contributed by atoms with Gasteiger partial charge < -0.3 is 5.32 Å². The molecule has 2 amide bonds. The van der Waals surface area contributed by atoms with E-state index in [9.17, 15) is 9.59 Å². The minimum Gasteiger partial charge on any atom is -0.305 e. The van der Waals surface area contributed by atoms with Crippen LogP contribution in [-0.4, -0.2) is 35.3 Å². The molecule has 20 heavy (non-hydrogen) atoms. The Balaban J connectivity index is 1.56. The number of carbonyl (C=O) groups is 2. The summed E-state index contributed by atoms with van der Waals surface area (Å²) < 4.78 is 0. The molecule has 4 nitrogen and oxygen atoms in total. The van der Waals surface area contributed by atoms with Gasteiger partial charge in [-0.2, -0.15) is 0 Å². The predicted octanol–water partition coefficient (Wildman–Crippen LogP) is 2.08. The Morgan fingerprint density at radius 2 is 1.85 bits per heavy atom. The molecule has 1 aliphatic heterocycles. The molecular formula is C16H26N2O2. The van der Waals surface area contributed by atoms with Crippen molar-refractivity contribution in [1.29, 1.82) is 0 Å². The highest BCUT2D eigenvalue weighted by atomic mass is 16.2. The number of nitrogens with zero attached hydrogens (tertiary/aromatic N) is 1. The van der Waals surface area contributed by atoms with E-state index >= 15 is 0 Å². The fourth-order valence-corrected chi connectivity index (χ4v) is 3.74. The molecule has 0 radical (unpaired) electrons. The van der Waals surface area contributed by atoms with Crippen LogP contribution >= 0.6 is 0 Å². The number of rotatable bonds is 4. The third-order valence-corrected chi connectivity index (χ3v) is 5.45. The van der Waals surface area contributed by atoms with Crippen molar-refractivity contribution in [1.82, 2.24) is 10.2 Å². The van der Waals surface area contributed by atoms with Crippen LogP contribution < -0.4 is 5.32 Å². The fraction of sp³-hybridized carbons (Fsp3) is 0.875. The van der Waals surface area contributed by atoms with Crippen LogP contribution in [0, 0.1) is 11.3 Å². The van der Waals surface area contributed by atoms with Gasteiger partial charge in [-0.3, -0.25) is 14.5 Å². The average molecular weight is 278 g/mol. The number of likely N-dealkylation sites (tertiary alicyclic amines) is 1. The maximum atomic E-state index is 12.5. The second-order valence-corrected chi connectivity index (χ2v) is 7.45. The van der Waals surface area contributed by atoms with Crippen molar-refractivity contribution in [3.05, 3.63) is 0 Å². The zero-order valence-corrected chi connectivity index (χ0v) is 12.7. The molecule has 0 aromatic heterocycles. The number of amides is 2. The van der Waals surface area contributed by atoms with Gasteiger partial charge in [-0.25, -0.2) is 0 Å². The average Bonchev–Trinajstić information content (AvgIpc) is 2.92. The second-order valence-electron chi connectivity index (χ2n) is 7.45. The Kier molecular flexibility index (Phi) is 3.61. The molecule has 112 valence electrons. The highest BCUT2D eigenvalue weighted by molar-refractivity contribution is 6.05. The monoisotopic (exact) mass is 278 g/mol. The van der Waals surface area contributed by atoms with Crippen molar-refractivity contribution < 1.29 is 9.59 Å². The van der Waals surface area contributed by atoms with Gasteiger partial charge in [0, 0.05) is 6.04 Å². The van der Waals surface area contributed by atoms with Crippen LogP contribution in [0.1, 0.15) is 58.8 Å². The maximum Gasteiger partial charge on any atom is 0.247 e. The lowest BCUT2D eigenvalue weighted by Gasteiger charge is -2.29. The number of nitrogens with one attached hydrogen (secondary N) is 1. The quantitative estimate of drug-likeness (QED) is 0.801. The molecule has 0 spiro atoms. The van der Waals surface area contributed by atoms with Crippen LogP contribution in [-0.2, 0) is 9.59 Å². The topological polar surface area (TPSA) is 49.4 Å². The van der Waals surface area contributed by atoms with Gasteiger partial charge in [0.2, 0.25) is 11.8 Å². The smallest absolute Gasteiger partial charge is 0.247 e. The Morgan fingerprint density at radius 3 is 2.45 bits per heavy atom. The molecule has 2 aliphatic carbocycles. The van der Waals surface area contributed by atoms with Crippen molar-refractivity contribution in [2.75, 3.05) is 6.54 Å². The standard InChI is InChI=1S/C16H26N2O2/c1-16(2)9-11(16)10-17-13-8-14(19)18(15(13)20)12-6-4-3-5-7-12/h11-13,17H,3-10H2,1-2H3. The van der Waals surface area contributed by atoms with E-state index in [4.69, 9.17) is 0 Å². The largest absolute Gasteiger partial charge is 0.305 e. The first kappa shape index (κ1) is 14.1. The lowest BCUT2D eigenvalue weighted by Crippen LogP contribution is -2.45. The van der Waals surface area contributed by atoms with Crippen molar-refractivity contribution in [3.63, 3.8) is 0 Å². The van der Waals surface area contributed by atoms with Gasteiger partial charge in [0.25, 0.3) is 0 Å². The minimum atomic E-state index is -0.263. The molecule has 3 rings (SSSR count). The summed E-state index contributed by atoms with van der Waals surface area (Å²) in [5.74, 6) is 0.726. The first-order valence-corrected chi connectivity index (χ1v) is 8.08. The van der Waals surface area contributed by atoms with Crippen LogP contribution in [0.25, 0.3) is 0 Å². The first-order valence-electron chi connectivity index (χ1n) is 8.08. The molecule has 3 fully saturated rings. The third-order valence-electron chi connectivity index (χ3n) is 5.45. The Bertz CT molecular complexity index is 413. The van der Waals surface area contributed by atoms with Crippen molar-refractivity contribution in [3.8, 4) is 0 Å². The van der Waals surface area contributed by atoms with E-state index in [0.29, 0.717) is 17.8 Å². The van der Waals surface area contributed by atoms with Crippen LogP contribution in [0.4, 0.5) is 0 Å². The van der Waals surface area contributed by atoms with E-state index in [1.807, 2.05) is 0 Å². The van der Waals surface area contributed by atoms with E-state index in [-0.39, 0.29) is 23.9 Å². The van der Waals surface area contributed by atoms with Gasteiger partial charge in [0.1, 0.15) is 0 Å². The zero-order valence-electron chi connectivity index (χ0n) is 12.7. The highest BCUT2D eigenvalue weighted by Crippen LogP contribution is 2.51. The Hall–Kier alpha value is -0.900. The molecule has 2 saturated carbocycles. The van der Waals surface area contributed by atoms with Crippen LogP contribution in [0.15, 0.2) is 0 Å². The van der Waals surface area contributed by atoms with E-state index in [0.717, 1.165) is 32.2 Å². The first-order chi connectivity index (χ1) is 9.49. The van der Waals surface area contributed by atoms with E-state index < -0.39 is 0 Å². The lowest BCUT2D eigenvalue weighted by molar-refractivity contribution is -0.142. The number of hydrogen-bond acceptors (Lipinski definition) is 3. The van der Waals surface area contributed by atoms with E-state index in [2.05, 4.69) is 19.2 Å². The Morgan fingerprint density at radius 1 is 1.20 bits per heavy atom. The van der Waals surface area contributed by atoms with Gasteiger partial charge in [-0.05, 0) is 37.1 Å². The van der Waals surface area contributed by atoms with Gasteiger partial charge in [0.05, 0.1) is 12.5 Å². The summed E-state index contributed by atoms with van der Waals surface area (Å²) >= 11 is 0. The molecule has 0 aromatic carbocycles. The zero-order chi connectivity index (χ0) is 14.3. The van der Waals surface area contributed by atoms with Gasteiger partial charge >= 0.3 is 0 Å². The number of hydrogen-bond donors (Lipinski definition) is 1. The summed E-state index contributed by atoms with van der Waals surface area (Å²) in [4.78, 5) is 26.2. The fourth-order valence-electron chi connectivity index (χ4n) is 3.74. The molecule has 1 saturated heterocycles. The summed E-state index contributed by atoms with van der Waals surface area (Å²) in [6.07, 6.45) is 7.13. The summed E-state index contributed by atoms with van der Waals surface area (Å²) in [7, 11) is 0. The normalized spacial score (nSPS) is 33.8. The molecule has 2 unspecified atom stereocenters. The lowest BCUT2D eigenvalue weighted by atomic mass is 9.94. The molecule has 0 bridgehead atoms. The Labute approximate surface area is 121 Å². The molecule has 4 heteroatoms. The van der Waals surface area contributed by atoms with Crippen molar-refractivity contribution >= 4 is 11.8 Å². The molecule has 2 atom stereocenters. The highest BCUT2D eigenvalue weighted by Gasteiger charge is 2.47. The molecule has 1 heterocycles. The van der Waals surface area contributed by atoms with Crippen LogP contribution in [0.3, 0.4) is 0 Å². The number of carbonyl (C=O) groups excluding carboxylic acids is 2. The van der Waals surface area contributed by atoms with Gasteiger partial charge in [0.15, 0.2) is 0 Å². The molecular weight excluding hydrogens is 252 g/mol. The SMILES string of the molecule is CC1(C)CC1CNC1CC(=O)N(C2CCCCC2)C1=O. The van der Waals surface area contributed by atoms with E-state index in [1.54, 1.807) is 4.90 Å². The molecule has 3 aliphatic rings. The predicted molar refractivity (Wildman–Crippen MR) is 77.0 cm³/mol. The molecule has 0 aromatic rings. The summed E-state index contributed by atoms with van der Waals surface area (Å²) in [5.41, 5.74) is 0.418. The van der Waals surface area contributed by atoms with Gasteiger partial charge in [-0.15, -0.1) is 0 Å². The third kappa shape index (κ3) is 2.62. The second kappa shape index (κ2) is 5.14. The molecule has 1 N–H and O–H groups in total. The minimum absolute atomic E-state index is 0.0281. The summed E-state index contributed by atoms with van der Waals surface area (Å²) in [6.45, 7) is 5.39. The van der Waals surface area contributed by atoms with E-state index in [1.165, 1.54) is 12.8 Å². The van der Waals surface area contributed by atoms with Crippen LogP contribution in [0.5, 0.6) is 0 Å². The summed E-state index contributed by atoms with van der Waals surface area (Å²) in [6, 6.07) is -0.0891.